The van der Waals surface area contributed by atoms with Crippen LogP contribution in [0, 0.1) is 11.3 Å². The molecule has 5 nitrogen and oxygen atoms in total. The average Bonchev–Trinajstić information content (AvgIpc) is 2.65. The Kier molecular flexibility index (Phi) is 4.60. The summed E-state index contributed by atoms with van der Waals surface area (Å²) in [6.45, 7) is 1.86. The molecule has 1 rings (SSSR count). The number of amides is 2. The van der Waals surface area contributed by atoms with Crippen LogP contribution < -0.4 is 16.4 Å². The molecule has 0 spiro atoms. The minimum Gasteiger partial charge on any atom is -0.352 e. The van der Waals surface area contributed by atoms with E-state index in [0.29, 0.717) is 24.5 Å². The van der Waals surface area contributed by atoms with Crippen LogP contribution in [0.15, 0.2) is 12.1 Å². The summed E-state index contributed by atoms with van der Waals surface area (Å²) < 4.78 is 0. The molecule has 0 aliphatic carbocycles. The lowest BCUT2D eigenvalue weighted by molar-refractivity contribution is 0.249. The van der Waals surface area contributed by atoms with Gasteiger partial charge in [0.2, 0.25) is 0 Å². The molecular weight excluding hydrogens is 212 g/mol. The molecule has 80 valence electrons. The van der Waals surface area contributed by atoms with Crippen LogP contribution in [-0.4, -0.2) is 19.1 Å². The number of nitriles is 1. The molecule has 6 heteroatoms. The molecule has 0 aromatic carbocycles. The van der Waals surface area contributed by atoms with E-state index in [-0.39, 0.29) is 0 Å². The molecule has 0 aliphatic heterocycles. The van der Waals surface area contributed by atoms with Gasteiger partial charge in [-0.1, -0.05) is 0 Å². The summed E-state index contributed by atoms with van der Waals surface area (Å²) in [5, 5.41) is 14.2. The summed E-state index contributed by atoms with van der Waals surface area (Å²) in [6, 6.07) is 5.28. The average molecular weight is 224 g/mol. The van der Waals surface area contributed by atoms with E-state index in [1.54, 1.807) is 6.07 Å². The first-order valence-electron chi connectivity index (χ1n) is 4.45. The van der Waals surface area contributed by atoms with Crippen molar-refractivity contribution in [3.8, 4) is 6.07 Å². The molecule has 0 saturated heterocycles. The third-order valence-electron chi connectivity index (χ3n) is 1.67. The number of primary amides is 1. The Labute approximate surface area is 91.9 Å². The van der Waals surface area contributed by atoms with Crippen molar-refractivity contribution in [3.63, 3.8) is 0 Å². The van der Waals surface area contributed by atoms with Gasteiger partial charge in [0.1, 0.15) is 10.9 Å². The number of urea groups is 1. The van der Waals surface area contributed by atoms with Crippen LogP contribution in [0.3, 0.4) is 0 Å². The number of nitrogens with zero attached hydrogens (tertiary/aromatic N) is 1. The second-order valence-corrected chi connectivity index (χ2v) is 4.01. The van der Waals surface area contributed by atoms with Crippen LogP contribution in [0.5, 0.6) is 0 Å². The fraction of sp³-hybridized carbons (Fsp3) is 0.333. The number of thiophene rings is 1. The molecule has 15 heavy (non-hydrogen) atoms. The molecule has 2 amide bonds. The predicted octanol–water partition coefficient (Wildman–Crippen LogP) is 0.378. The Bertz CT molecular complexity index is 368. The minimum absolute atomic E-state index is 0.506. The summed E-state index contributed by atoms with van der Waals surface area (Å²) >= 11 is 1.46. The molecular formula is C9H12N4OS. The number of hydrogen-bond donors (Lipinski definition) is 3. The van der Waals surface area contributed by atoms with Crippen LogP contribution in [0.1, 0.15) is 9.75 Å². The number of hydrogen-bond acceptors (Lipinski definition) is 4. The van der Waals surface area contributed by atoms with Gasteiger partial charge in [0.15, 0.2) is 0 Å². The Hall–Kier alpha value is -1.58. The van der Waals surface area contributed by atoms with Gasteiger partial charge in [0, 0.05) is 24.5 Å². The summed E-state index contributed by atoms with van der Waals surface area (Å²) in [5.74, 6) is 0. The molecule has 0 radical (unpaired) electrons. The normalized spacial score (nSPS) is 9.53. The molecule has 4 N–H and O–H groups in total. The van der Waals surface area contributed by atoms with Gasteiger partial charge < -0.3 is 16.4 Å². The fourth-order valence-corrected chi connectivity index (χ4v) is 1.79. The first-order valence-corrected chi connectivity index (χ1v) is 5.27. The lowest BCUT2D eigenvalue weighted by Gasteiger charge is -2.02. The van der Waals surface area contributed by atoms with E-state index >= 15 is 0 Å². The van der Waals surface area contributed by atoms with Crippen LogP contribution in [0.25, 0.3) is 0 Å². The topological polar surface area (TPSA) is 90.9 Å². The summed E-state index contributed by atoms with van der Waals surface area (Å²) in [6.07, 6.45) is 0. The standard InChI is InChI=1S/C9H12N4OS/c10-5-7-1-2-8(15-7)6-12-3-4-13-9(11)14/h1-2,12H,3-4,6H2,(H3,11,13,14). The Morgan fingerprint density at radius 2 is 2.33 bits per heavy atom. The maximum absolute atomic E-state index is 10.3. The largest absolute Gasteiger partial charge is 0.352 e. The Morgan fingerprint density at radius 1 is 1.53 bits per heavy atom. The maximum atomic E-state index is 10.3. The van der Waals surface area contributed by atoms with Crippen molar-refractivity contribution >= 4 is 17.4 Å². The third-order valence-corrected chi connectivity index (χ3v) is 2.66. The number of rotatable bonds is 5. The third kappa shape index (κ3) is 4.44. The quantitative estimate of drug-likeness (QED) is 0.631. The number of carbonyl (C=O) groups excluding carboxylic acids is 1. The molecule has 1 aromatic heterocycles. The van der Waals surface area contributed by atoms with Crippen molar-refractivity contribution in [3.05, 3.63) is 21.9 Å². The Morgan fingerprint density at radius 3 is 2.93 bits per heavy atom. The van der Waals surface area contributed by atoms with E-state index in [1.807, 2.05) is 6.07 Å². The fourth-order valence-electron chi connectivity index (χ4n) is 1.02. The van der Waals surface area contributed by atoms with Gasteiger partial charge in [0.25, 0.3) is 0 Å². The van der Waals surface area contributed by atoms with E-state index in [9.17, 15) is 4.79 Å². The van der Waals surface area contributed by atoms with E-state index in [1.165, 1.54) is 11.3 Å². The van der Waals surface area contributed by atoms with Gasteiger partial charge in [-0.3, -0.25) is 0 Å². The second kappa shape index (κ2) is 6.01. The zero-order valence-corrected chi connectivity index (χ0v) is 8.93. The molecule has 0 atom stereocenters. The number of nitrogens with one attached hydrogen (secondary N) is 2. The Balaban J connectivity index is 2.15. The van der Waals surface area contributed by atoms with Gasteiger partial charge in [-0.05, 0) is 12.1 Å². The van der Waals surface area contributed by atoms with Gasteiger partial charge >= 0.3 is 6.03 Å². The lowest BCUT2D eigenvalue weighted by atomic mass is 10.4. The highest BCUT2D eigenvalue weighted by Gasteiger charge is 1.98. The summed E-state index contributed by atoms with van der Waals surface area (Å²) in [4.78, 5) is 12.1. The van der Waals surface area contributed by atoms with Crippen molar-refractivity contribution in [1.82, 2.24) is 10.6 Å². The molecule has 0 saturated carbocycles. The molecule has 0 unspecified atom stereocenters. The van der Waals surface area contributed by atoms with Crippen molar-refractivity contribution < 1.29 is 4.79 Å². The predicted molar refractivity (Wildman–Crippen MR) is 58.3 cm³/mol. The molecule has 1 heterocycles. The first-order chi connectivity index (χ1) is 7.22. The number of nitrogens with two attached hydrogens (primary N) is 1. The second-order valence-electron chi connectivity index (χ2n) is 2.85. The van der Waals surface area contributed by atoms with E-state index < -0.39 is 6.03 Å². The molecule has 0 bridgehead atoms. The van der Waals surface area contributed by atoms with Gasteiger partial charge in [-0.25, -0.2) is 4.79 Å². The smallest absolute Gasteiger partial charge is 0.312 e. The first kappa shape index (κ1) is 11.5. The zero-order valence-electron chi connectivity index (χ0n) is 8.12. The number of carbonyl (C=O) groups is 1. The minimum atomic E-state index is -0.514. The van der Waals surface area contributed by atoms with Crippen LogP contribution >= 0.6 is 11.3 Å². The highest BCUT2D eigenvalue weighted by atomic mass is 32.1. The van der Waals surface area contributed by atoms with E-state index in [2.05, 4.69) is 16.7 Å². The highest BCUT2D eigenvalue weighted by Crippen LogP contribution is 2.14. The highest BCUT2D eigenvalue weighted by molar-refractivity contribution is 7.12. The maximum Gasteiger partial charge on any atom is 0.312 e. The molecule has 1 aromatic rings. The zero-order chi connectivity index (χ0) is 11.1. The monoisotopic (exact) mass is 224 g/mol. The van der Waals surface area contributed by atoms with Crippen molar-refractivity contribution in [1.29, 1.82) is 5.26 Å². The summed E-state index contributed by atoms with van der Waals surface area (Å²) in [5.41, 5.74) is 4.90. The van der Waals surface area contributed by atoms with Gasteiger partial charge in [-0.15, -0.1) is 11.3 Å². The van der Waals surface area contributed by atoms with Crippen LogP contribution in [0.4, 0.5) is 4.79 Å². The molecule has 0 aliphatic rings. The van der Waals surface area contributed by atoms with Crippen LogP contribution in [0.2, 0.25) is 0 Å². The summed E-state index contributed by atoms with van der Waals surface area (Å²) in [7, 11) is 0. The SMILES string of the molecule is N#Cc1ccc(CNCCNC(N)=O)s1. The van der Waals surface area contributed by atoms with Crippen molar-refractivity contribution in [2.24, 2.45) is 5.73 Å². The van der Waals surface area contributed by atoms with E-state index in [0.717, 1.165) is 4.88 Å². The van der Waals surface area contributed by atoms with Crippen molar-refractivity contribution in [2.75, 3.05) is 13.1 Å². The van der Waals surface area contributed by atoms with E-state index in [4.69, 9.17) is 11.0 Å². The molecule has 0 fully saturated rings. The van der Waals surface area contributed by atoms with Gasteiger partial charge in [-0.2, -0.15) is 5.26 Å². The van der Waals surface area contributed by atoms with Gasteiger partial charge in [0.05, 0.1) is 0 Å². The van der Waals surface area contributed by atoms with Crippen molar-refractivity contribution in [2.45, 2.75) is 6.54 Å². The lowest BCUT2D eigenvalue weighted by Crippen LogP contribution is -2.35. The van der Waals surface area contributed by atoms with Crippen LogP contribution in [-0.2, 0) is 6.54 Å².